The Balaban J connectivity index is 2.98. The van der Waals surface area contributed by atoms with Gasteiger partial charge in [0.15, 0.2) is 0 Å². The average Bonchev–Trinajstić information content (AvgIpc) is 2.38. The fraction of sp³-hybridized carbons (Fsp3) is 0.600. The number of nitrogens with zero attached hydrogens (tertiary/aromatic N) is 1. The fourth-order valence-electron chi connectivity index (χ4n) is 1.85. The molecule has 3 nitrogen and oxygen atoms in total. The lowest BCUT2D eigenvalue weighted by atomic mass is 10.0. The molecule has 1 aromatic rings. The first-order chi connectivity index (χ1) is 8.92. The van der Waals surface area contributed by atoms with E-state index in [-0.39, 0.29) is 18.0 Å². The summed E-state index contributed by atoms with van der Waals surface area (Å²) < 4.78 is 13.4. The molecular weight excluding hydrogens is 243 g/mol. The summed E-state index contributed by atoms with van der Waals surface area (Å²) in [6, 6.07) is 4.79. The SMILES string of the molecule is CCCNCc1cc(F)ccc1N(C)C(C)(C)CO. The molecule has 0 amide bonds. The molecule has 1 rings (SSSR count). The summed E-state index contributed by atoms with van der Waals surface area (Å²) in [6.45, 7) is 7.60. The van der Waals surface area contributed by atoms with Gasteiger partial charge < -0.3 is 15.3 Å². The molecule has 4 heteroatoms. The minimum atomic E-state index is -0.378. The third-order valence-corrected chi connectivity index (χ3v) is 3.44. The van der Waals surface area contributed by atoms with E-state index in [1.54, 1.807) is 12.1 Å². The molecule has 19 heavy (non-hydrogen) atoms. The van der Waals surface area contributed by atoms with Crippen LogP contribution in [0.2, 0.25) is 0 Å². The van der Waals surface area contributed by atoms with Gasteiger partial charge in [0.05, 0.1) is 12.1 Å². The van der Waals surface area contributed by atoms with Crippen LogP contribution in [0, 0.1) is 5.82 Å². The second-order valence-corrected chi connectivity index (χ2v) is 5.48. The number of hydrogen-bond donors (Lipinski definition) is 2. The van der Waals surface area contributed by atoms with Gasteiger partial charge in [0, 0.05) is 19.3 Å². The quantitative estimate of drug-likeness (QED) is 0.746. The van der Waals surface area contributed by atoms with E-state index < -0.39 is 0 Å². The Bertz CT molecular complexity index is 407. The maximum absolute atomic E-state index is 13.4. The molecule has 0 aliphatic carbocycles. The summed E-state index contributed by atoms with van der Waals surface area (Å²) in [4.78, 5) is 2.00. The number of nitrogens with one attached hydrogen (secondary N) is 1. The Morgan fingerprint density at radius 1 is 1.37 bits per heavy atom. The molecule has 0 heterocycles. The second-order valence-electron chi connectivity index (χ2n) is 5.48. The van der Waals surface area contributed by atoms with Crippen molar-refractivity contribution >= 4 is 5.69 Å². The highest BCUT2D eigenvalue weighted by Crippen LogP contribution is 2.26. The van der Waals surface area contributed by atoms with E-state index in [0.29, 0.717) is 6.54 Å². The summed E-state index contributed by atoms with van der Waals surface area (Å²) in [7, 11) is 1.92. The number of aliphatic hydroxyl groups is 1. The van der Waals surface area contributed by atoms with Crippen molar-refractivity contribution in [3.8, 4) is 0 Å². The highest BCUT2D eigenvalue weighted by atomic mass is 19.1. The Kier molecular flexibility index (Phi) is 5.76. The summed E-state index contributed by atoms with van der Waals surface area (Å²) in [5.41, 5.74) is 1.48. The lowest BCUT2D eigenvalue weighted by molar-refractivity contribution is 0.216. The molecule has 0 aromatic heterocycles. The van der Waals surface area contributed by atoms with E-state index in [2.05, 4.69) is 12.2 Å². The Morgan fingerprint density at radius 2 is 2.05 bits per heavy atom. The van der Waals surface area contributed by atoms with Gasteiger partial charge in [-0.1, -0.05) is 6.92 Å². The molecule has 2 N–H and O–H groups in total. The van der Waals surface area contributed by atoms with Crippen LogP contribution < -0.4 is 10.2 Å². The number of hydrogen-bond acceptors (Lipinski definition) is 3. The number of benzene rings is 1. The molecule has 0 aliphatic rings. The first kappa shape index (κ1) is 15.9. The maximum Gasteiger partial charge on any atom is 0.123 e. The average molecular weight is 268 g/mol. The van der Waals surface area contributed by atoms with Gasteiger partial charge in [0.25, 0.3) is 0 Å². The van der Waals surface area contributed by atoms with Gasteiger partial charge in [-0.25, -0.2) is 4.39 Å². The molecule has 1 aromatic carbocycles. The molecule has 0 atom stereocenters. The predicted octanol–water partition coefficient (Wildman–Crippen LogP) is 2.53. The Hall–Kier alpha value is -1.13. The molecule has 0 radical (unpaired) electrons. The van der Waals surface area contributed by atoms with Gasteiger partial charge in [-0.3, -0.25) is 0 Å². The van der Waals surface area contributed by atoms with Crippen molar-refractivity contribution in [1.29, 1.82) is 0 Å². The summed E-state index contributed by atoms with van der Waals surface area (Å²) in [5, 5.41) is 12.7. The lowest BCUT2D eigenvalue weighted by Gasteiger charge is -2.37. The van der Waals surface area contributed by atoms with E-state index >= 15 is 0 Å². The number of anilines is 1. The first-order valence-corrected chi connectivity index (χ1v) is 6.76. The molecule has 0 fully saturated rings. The van der Waals surface area contributed by atoms with Crippen LogP contribution in [0.4, 0.5) is 10.1 Å². The number of halogens is 1. The molecule has 0 saturated heterocycles. The molecule has 0 bridgehead atoms. The molecule has 108 valence electrons. The number of aliphatic hydroxyl groups excluding tert-OH is 1. The van der Waals surface area contributed by atoms with E-state index in [0.717, 1.165) is 24.2 Å². The molecule has 0 unspecified atom stereocenters. The van der Waals surface area contributed by atoms with Gasteiger partial charge in [0.2, 0.25) is 0 Å². The largest absolute Gasteiger partial charge is 0.394 e. The molecule has 0 saturated carbocycles. The minimum Gasteiger partial charge on any atom is -0.394 e. The monoisotopic (exact) mass is 268 g/mol. The summed E-state index contributed by atoms with van der Waals surface area (Å²) >= 11 is 0. The standard InChI is InChI=1S/C15H25FN2O/c1-5-8-17-10-12-9-13(16)6-7-14(12)18(4)15(2,3)11-19/h6-7,9,17,19H,5,8,10-11H2,1-4H3. The van der Waals surface area contributed by atoms with E-state index in [1.165, 1.54) is 6.07 Å². The van der Waals surface area contributed by atoms with E-state index in [9.17, 15) is 9.50 Å². The van der Waals surface area contributed by atoms with Gasteiger partial charge in [-0.2, -0.15) is 0 Å². The van der Waals surface area contributed by atoms with Crippen LogP contribution in [-0.2, 0) is 6.54 Å². The zero-order valence-corrected chi connectivity index (χ0v) is 12.3. The van der Waals surface area contributed by atoms with Crippen LogP contribution in [0.3, 0.4) is 0 Å². The van der Waals surface area contributed by atoms with Crippen LogP contribution >= 0.6 is 0 Å². The molecular formula is C15H25FN2O. The summed E-state index contributed by atoms with van der Waals surface area (Å²) in [5.74, 6) is -0.229. The minimum absolute atomic E-state index is 0.0444. The number of likely N-dealkylation sites (N-methyl/N-ethyl adjacent to an activating group) is 1. The zero-order valence-electron chi connectivity index (χ0n) is 12.3. The van der Waals surface area contributed by atoms with E-state index in [1.807, 2.05) is 25.8 Å². The zero-order chi connectivity index (χ0) is 14.5. The van der Waals surface area contributed by atoms with Crippen LogP contribution in [0.15, 0.2) is 18.2 Å². The molecule has 0 aliphatic heterocycles. The summed E-state index contributed by atoms with van der Waals surface area (Å²) in [6.07, 6.45) is 1.04. The molecule has 0 spiro atoms. The first-order valence-electron chi connectivity index (χ1n) is 6.76. The van der Waals surface area contributed by atoms with Crippen LogP contribution in [0.1, 0.15) is 32.8 Å². The van der Waals surface area contributed by atoms with Crippen molar-refractivity contribution in [3.63, 3.8) is 0 Å². The third kappa shape index (κ3) is 4.18. The van der Waals surface area contributed by atoms with E-state index in [4.69, 9.17) is 0 Å². The Morgan fingerprint density at radius 3 is 2.63 bits per heavy atom. The highest BCUT2D eigenvalue weighted by molar-refractivity contribution is 5.55. The van der Waals surface area contributed by atoms with Crippen molar-refractivity contribution in [1.82, 2.24) is 5.32 Å². The van der Waals surface area contributed by atoms with Gasteiger partial charge in [-0.15, -0.1) is 0 Å². The van der Waals surface area contributed by atoms with Crippen molar-refractivity contribution in [2.24, 2.45) is 0 Å². The number of rotatable bonds is 7. The van der Waals surface area contributed by atoms with Gasteiger partial charge >= 0.3 is 0 Å². The third-order valence-electron chi connectivity index (χ3n) is 3.44. The predicted molar refractivity (Wildman–Crippen MR) is 78.0 cm³/mol. The maximum atomic E-state index is 13.4. The topological polar surface area (TPSA) is 35.5 Å². The van der Waals surface area contributed by atoms with Crippen molar-refractivity contribution < 1.29 is 9.50 Å². The smallest absolute Gasteiger partial charge is 0.123 e. The Labute approximate surface area is 115 Å². The van der Waals surface area contributed by atoms with Crippen LogP contribution in [0.5, 0.6) is 0 Å². The van der Waals surface area contributed by atoms with Crippen molar-refractivity contribution in [2.45, 2.75) is 39.3 Å². The van der Waals surface area contributed by atoms with Crippen LogP contribution in [-0.4, -0.2) is 30.8 Å². The van der Waals surface area contributed by atoms with Crippen LogP contribution in [0.25, 0.3) is 0 Å². The fourth-order valence-corrected chi connectivity index (χ4v) is 1.85. The highest BCUT2D eigenvalue weighted by Gasteiger charge is 2.24. The lowest BCUT2D eigenvalue weighted by Crippen LogP contribution is -2.45. The van der Waals surface area contributed by atoms with Crippen molar-refractivity contribution in [3.05, 3.63) is 29.6 Å². The van der Waals surface area contributed by atoms with Gasteiger partial charge in [0.1, 0.15) is 5.82 Å². The van der Waals surface area contributed by atoms with Crippen molar-refractivity contribution in [2.75, 3.05) is 25.1 Å². The normalized spacial score (nSPS) is 11.7. The second kappa shape index (κ2) is 6.87. The van der Waals surface area contributed by atoms with Gasteiger partial charge in [-0.05, 0) is 50.6 Å².